The van der Waals surface area contributed by atoms with Crippen LogP contribution in [0.3, 0.4) is 0 Å². The zero-order valence-electron chi connectivity index (χ0n) is 30.8. The van der Waals surface area contributed by atoms with Gasteiger partial charge in [0.25, 0.3) is 0 Å². The quantitative estimate of drug-likeness (QED) is 0.0821. The number of rotatable bonds is 19. The number of carbonyl (C=O) groups is 3. The molecule has 2 N–H and O–H groups in total. The fourth-order valence-electron chi connectivity index (χ4n) is 4.70. The molecule has 0 aliphatic rings. The summed E-state index contributed by atoms with van der Waals surface area (Å²) in [6.45, 7) is 8.02. The maximum absolute atomic E-state index is 14.3. The van der Waals surface area contributed by atoms with Gasteiger partial charge in [-0.15, -0.1) is 0 Å². The van der Waals surface area contributed by atoms with Gasteiger partial charge in [-0.1, -0.05) is 49.5 Å². The largest absolute Gasteiger partial charge is 0.464 e. The number of hydrogen-bond donors (Lipinski definition) is 2. The van der Waals surface area contributed by atoms with Crippen molar-refractivity contribution in [1.82, 2.24) is 10.6 Å². The molecule has 0 heterocycles. The molecule has 25 heteroatoms. The van der Waals surface area contributed by atoms with Crippen LogP contribution >= 0.6 is 0 Å². The van der Waals surface area contributed by atoms with E-state index in [0.717, 1.165) is 0 Å². The van der Waals surface area contributed by atoms with E-state index in [-0.39, 0.29) is 12.5 Å². The Bertz CT molecular complexity index is 1530. The Kier molecular flexibility index (Phi) is 15.7. The molecule has 1 aromatic rings. The van der Waals surface area contributed by atoms with E-state index in [9.17, 15) is 89.0 Å². The summed E-state index contributed by atoms with van der Waals surface area (Å²) in [6.07, 6.45) is -12.7. The van der Waals surface area contributed by atoms with Gasteiger partial charge in [0, 0.05) is 12.8 Å². The molecule has 1 aromatic carbocycles. The molecule has 57 heavy (non-hydrogen) atoms. The normalized spacial score (nSPS) is 15.4. The number of benzene rings is 1. The first-order valence-corrected chi connectivity index (χ1v) is 19.9. The van der Waals surface area contributed by atoms with Crippen LogP contribution < -0.4 is 10.6 Å². The van der Waals surface area contributed by atoms with Crippen molar-refractivity contribution in [3.8, 4) is 0 Å². The summed E-state index contributed by atoms with van der Waals surface area (Å²) >= 11 is 0. The number of amides is 2. The van der Waals surface area contributed by atoms with E-state index >= 15 is 0 Å². The van der Waals surface area contributed by atoms with Gasteiger partial charge in [-0.05, 0) is 45.7 Å². The lowest BCUT2D eigenvalue weighted by Gasteiger charge is -2.42. The summed E-state index contributed by atoms with van der Waals surface area (Å²) < 4.78 is 240. The van der Waals surface area contributed by atoms with E-state index in [1.807, 2.05) is 0 Å². The lowest BCUT2D eigenvalue weighted by atomic mass is 9.88. The highest BCUT2D eigenvalue weighted by Gasteiger charge is 2.95. The number of esters is 1. The summed E-state index contributed by atoms with van der Waals surface area (Å²) in [7, 11) is -3.02. The highest BCUT2D eigenvalue weighted by molar-refractivity contribution is 6.77. The summed E-state index contributed by atoms with van der Waals surface area (Å²) in [6, 6.07) is 4.85. The van der Waals surface area contributed by atoms with Gasteiger partial charge in [-0.2, -0.15) is 74.6 Å². The van der Waals surface area contributed by atoms with E-state index in [0.29, 0.717) is 5.56 Å². The maximum Gasteiger partial charge on any atom is 0.460 e. The van der Waals surface area contributed by atoms with Gasteiger partial charge >= 0.3 is 59.7 Å². The molecule has 2 atom stereocenters. The highest BCUT2D eigenvalue weighted by atomic mass is 28.3. The number of nitrogens with one attached hydrogen (secondary N) is 2. The van der Waals surface area contributed by atoms with Crippen molar-refractivity contribution in [2.75, 3.05) is 6.61 Å². The van der Waals surface area contributed by atoms with E-state index in [1.165, 1.54) is 20.0 Å². The summed E-state index contributed by atoms with van der Waals surface area (Å²) in [5, 5.41) is 4.70. The molecule has 0 radical (unpaired) electrons. The van der Waals surface area contributed by atoms with Crippen LogP contribution in [0.5, 0.6) is 0 Å². The first kappa shape index (κ1) is 51.5. The van der Waals surface area contributed by atoms with E-state index in [4.69, 9.17) is 9.47 Å². The SMILES string of the molecule is C[C@H](NC(=O)[C@H](Cc1ccccc1)NC(=O)OC(C)(C)C)C(=O)OCC[Si](C)(C)CCCC(F)(F)C(F)(F)C(F)(F)C(F)(F)C(F)(F)C(F)(F)C(F)(F)C(F)(F)F. The predicted molar refractivity (Wildman–Crippen MR) is 169 cm³/mol. The lowest BCUT2D eigenvalue weighted by Crippen LogP contribution is -2.74. The molecule has 0 spiro atoms. The molecule has 0 fully saturated rings. The fraction of sp³-hybridized carbons (Fsp3) is 0.719. The number of ether oxygens (including phenoxy) is 2. The zero-order chi connectivity index (χ0) is 45.1. The minimum Gasteiger partial charge on any atom is -0.464 e. The van der Waals surface area contributed by atoms with Gasteiger partial charge in [-0.3, -0.25) is 4.79 Å². The fourth-order valence-corrected chi connectivity index (χ4v) is 6.74. The van der Waals surface area contributed by atoms with Crippen LogP contribution in [-0.2, 0) is 25.5 Å². The highest BCUT2D eigenvalue weighted by Crippen LogP contribution is 2.64. The topological polar surface area (TPSA) is 93.7 Å². The lowest BCUT2D eigenvalue weighted by molar-refractivity contribution is -0.461. The van der Waals surface area contributed by atoms with Crippen molar-refractivity contribution in [3.05, 3.63) is 35.9 Å². The molecule has 2 amide bonds. The van der Waals surface area contributed by atoms with Gasteiger partial charge < -0.3 is 20.1 Å². The Hall–Kier alpha value is -3.54. The van der Waals surface area contributed by atoms with E-state index in [2.05, 4.69) is 10.6 Å². The Morgan fingerprint density at radius 1 is 0.667 bits per heavy atom. The van der Waals surface area contributed by atoms with Crippen LogP contribution in [0.1, 0.15) is 46.1 Å². The molecule has 0 saturated carbocycles. The van der Waals surface area contributed by atoms with Crippen LogP contribution in [0.15, 0.2) is 30.3 Å². The molecule has 330 valence electrons. The summed E-state index contributed by atoms with van der Waals surface area (Å²) in [5.74, 6) is -58.6. The van der Waals surface area contributed by atoms with Gasteiger partial charge in [-0.25, -0.2) is 9.59 Å². The smallest absolute Gasteiger partial charge is 0.460 e. The van der Waals surface area contributed by atoms with Crippen molar-refractivity contribution in [2.24, 2.45) is 0 Å². The number of alkyl carbamates (subject to hydrolysis) is 1. The molecule has 1 rings (SSSR count). The Labute approximate surface area is 315 Å². The molecule has 0 aliphatic carbocycles. The minimum absolute atomic E-state index is 0.0538. The van der Waals surface area contributed by atoms with Crippen molar-refractivity contribution < 1.29 is 98.5 Å². The number of carbonyl (C=O) groups excluding carboxylic acids is 3. The van der Waals surface area contributed by atoms with Crippen molar-refractivity contribution >= 4 is 26.0 Å². The molecule has 7 nitrogen and oxygen atoms in total. The van der Waals surface area contributed by atoms with Crippen molar-refractivity contribution in [3.63, 3.8) is 0 Å². The zero-order valence-corrected chi connectivity index (χ0v) is 31.8. The summed E-state index contributed by atoms with van der Waals surface area (Å²) in [5.41, 5.74) is -0.342. The van der Waals surface area contributed by atoms with E-state index in [1.54, 1.807) is 51.1 Å². The van der Waals surface area contributed by atoms with Gasteiger partial charge in [0.05, 0.1) is 14.7 Å². The van der Waals surface area contributed by atoms with Crippen molar-refractivity contribution in [2.45, 2.75) is 137 Å². The first-order valence-electron chi connectivity index (χ1n) is 16.4. The molecule has 0 aromatic heterocycles. The molecular weight excluding hydrogens is 843 g/mol. The van der Waals surface area contributed by atoms with Crippen LogP contribution in [0.4, 0.5) is 79.4 Å². The van der Waals surface area contributed by atoms with Crippen LogP contribution in [0.25, 0.3) is 0 Å². The molecule has 0 saturated heterocycles. The van der Waals surface area contributed by atoms with Gasteiger partial charge in [0.2, 0.25) is 5.91 Å². The second-order valence-electron chi connectivity index (χ2n) is 14.7. The van der Waals surface area contributed by atoms with Gasteiger partial charge in [0.1, 0.15) is 17.7 Å². The van der Waals surface area contributed by atoms with Crippen LogP contribution in [-0.4, -0.2) is 98.0 Å². The Morgan fingerprint density at radius 3 is 1.58 bits per heavy atom. The number of hydrogen-bond acceptors (Lipinski definition) is 5. The predicted octanol–water partition coefficient (Wildman–Crippen LogP) is 9.67. The minimum atomic E-state index is -8.69. The van der Waals surface area contributed by atoms with Crippen LogP contribution in [0, 0.1) is 0 Å². The molecule has 0 aliphatic heterocycles. The number of halogens is 17. The number of alkyl halides is 17. The molecular formula is C32H39F17N2O5Si. The summed E-state index contributed by atoms with van der Waals surface area (Å²) in [4.78, 5) is 38.0. The second-order valence-corrected chi connectivity index (χ2v) is 20.0. The Balaban J connectivity index is 2.95. The third-order valence-electron chi connectivity index (χ3n) is 8.16. The average Bonchev–Trinajstić information content (AvgIpc) is 3.02. The van der Waals surface area contributed by atoms with Crippen molar-refractivity contribution in [1.29, 1.82) is 0 Å². The average molecular weight is 883 g/mol. The standard InChI is InChI=1S/C32H39F17N2O5Si/c1-18(50-21(52)20(17-19-11-8-7-9-12-19)51-23(54)56-24(2,3)4)22(53)55-14-16-57(5,6)15-10-13-25(33,34)26(35,36)27(37,38)28(39,40)29(41,42)30(43,44)31(45,46)32(47,48)49/h7-9,11-12,18,20H,10,13-17H2,1-6H3,(H,50,52)(H,51,54)/t18-,20-/m0/s1. The third kappa shape index (κ3) is 11.6. The Morgan fingerprint density at radius 2 is 1.12 bits per heavy atom. The van der Waals surface area contributed by atoms with Crippen LogP contribution in [0.2, 0.25) is 25.2 Å². The first-order chi connectivity index (χ1) is 25.2. The van der Waals surface area contributed by atoms with E-state index < -0.39 is 117 Å². The second kappa shape index (κ2) is 17.4. The molecule has 0 unspecified atom stereocenters. The third-order valence-corrected chi connectivity index (χ3v) is 11.4. The monoisotopic (exact) mass is 882 g/mol. The maximum atomic E-state index is 14.3. The molecule has 0 bridgehead atoms. The van der Waals surface area contributed by atoms with Gasteiger partial charge in [0.15, 0.2) is 0 Å².